The van der Waals surface area contributed by atoms with E-state index in [-0.39, 0.29) is 0 Å². The Morgan fingerprint density at radius 2 is 1.77 bits per heavy atom. The SMILES string of the molecule is C(=NNc1nc(-c2ccccc2)cs1)c1ccc(OCc2ccc3nsnc3c2)cc1. The molecule has 6 nitrogen and oxygen atoms in total. The van der Waals surface area contributed by atoms with Crippen LogP contribution in [0.3, 0.4) is 0 Å². The van der Waals surface area contributed by atoms with Gasteiger partial charge in [0.1, 0.15) is 23.4 Å². The standard InChI is InChI=1S/C23H17N5OS2/c1-2-4-18(5-3-1)22-15-30-23(25-22)26-24-13-16-6-9-19(10-7-16)29-14-17-8-11-20-21(12-17)28-31-27-20/h1-13,15H,14H2,(H,25,26). The zero-order valence-electron chi connectivity index (χ0n) is 16.3. The summed E-state index contributed by atoms with van der Waals surface area (Å²) in [5, 5.41) is 7.05. The summed E-state index contributed by atoms with van der Waals surface area (Å²) in [7, 11) is 0. The minimum atomic E-state index is 0.482. The molecule has 2 heterocycles. The monoisotopic (exact) mass is 443 g/mol. The number of nitrogens with one attached hydrogen (secondary N) is 1. The van der Waals surface area contributed by atoms with Crippen molar-refractivity contribution in [1.29, 1.82) is 0 Å². The largest absolute Gasteiger partial charge is 0.489 e. The number of thiazole rings is 1. The van der Waals surface area contributed by atoms with Crippen molar-refractivity contribution in [2.75, 3.05) is 5.43 Å². The Labute approximate surface area is 187 Å². The number of aromatic nitrogens is 3. The molecule has 0 amide bonds. The van der Waals surface area contributed by atoms with Crippen molar-refractivity contribution in [1.82, 2.24) is 13.7 Å². The van der Waals surface area contributed by atoms with Crippen LogP contribution in [0.25, 0.3) is 22.3 Å². The first-order valence-corrected chi connectivity index (χ1v) is 11.2. The average Bonchev–Trinajstić information content (AvgIpc) is 3.48. The molecule has 0 aliphatic carbocycles. The highest BCUT2D eigenvalue weighted by Gasteiger charge is 2.03. The maximum absolute atomic E-state index is 5.88. The Kier molecular flexibility index (Phi) is 5.64. The summed E-state index contributed by atoms with van der Waals surface area (Å²) in [4.78, 5) is 4.56. The van der Waals surface area contributed by atoms with Crippen LogP contribution >= 0.6 is 23.1 Å². The van der Waals surface area contributed by atoms with Crippen LogP contribution in [-0.2, 0) is 6.61 Å². The summed E-state index contributed by atoms with van der Waals surface area (Å²) in [6.07, 6.45) is 1.76. The van der Waals surface area contributed by atoms with Crippen LogP contribution in [-0.4, -0.2) is 19.9 Å². The van der Waals surface area contributed by atoms with Gasteiger partial charge in [-0.2, -0.15) is 13.8 Å². The maximum atomic E-state index is 5.88. The molecule has 8 heteroatoms. The van der Waals surface area contributed by atoms with Crippen LogP contribution in [0, 0.1) is 0 Å². The van der Waals surface area contributed by atoms with Gasteiger partial charge in [0.15, 0.2) is 0 Å². The lowest BCUT2D eigenvalue weighted by molar-refractivity contribution is 0.306. The Hall–Kier alpha value is -3.62. The van der Waals surface area contributed by atoms with Gasteiger partial charge in [-0.1, -0.05) is 36.4 Å². The number of fused-ring (bicyclic) bond motifs is 1. The third kappa shape index (κ3) is 4.76. The van der Waals surface area contributed by atoms with Crippen molar-refractivity contribution >= 4 is 45.4 Å². The molecule has 2 aromatic heterocycles. The normalized spacial score (nSPS) is 11.2. The lowest BCUT2D eigenvalue weighted by Crippen LogP contribution is -1.96. The molecule has 0 aliphatic heterocycles. The Morgan fingerprint density at radius 1 is 0.935 bits per heavy atom. The average molecular weight is 444 g/mol. The topological polar surface area (TPSA) is 72.3 Å². The van der Waals surface area contributed by atoms with Crippen molar-refractivity contribution in [3.63, 3.8) is 0 Å². The van der Waals surface area contributed by atoms with Crippen molar-refractivity contribution in [3.8, 4) is 17.0 Å². The second kappa shape index (κ2) is 9.03. The Morgan fingerprint density at radius 3 is 2.65 bits per heavy atom. The third-order valence-electron chi connectivity index (χ3n) is 4.55. The van der Waals surface area contributed by atoms with E-state index in [1.807, 2.05) is 78.2 Å². The lowest BCUT2D eigenvalue weighted by atomic mass is 10.2. The molecule has 31 heavy (non-hydrogen) atoms. The zero-order chi connectivity index (χ0) is 20.9. The van der Waals surface area contributed by atoms with E-state index in [0.717, 1.165) is 44.3 Å². The minimum absolute atomic E-state index is 0.482. The third-order valence-corrected chi connectivity index (χ3v) is 5.85. The first-order valence-electron chi connectivity index (χ1n) is 9.57. The maximum Gasteiger partial charge on any atom is 0.203 e. The van der Waals surface area contributed by atoms with Gasteiger partial charge < -0.3 is 4.74 Å². The number of nitrogens with zero attached hydrogens (tertiary/aromatic N) is 4. The summed E-state index contributed by atoms with van der Waals surface area (Å²) >= 11 is 2.75. The lowest BCUT2D eigenvalue weighted by Gasteiger charge is -2.06. The van der Waals surface area contributed by atoms with E-state index in [4.69, 9.17) is 4.74 Å². The fraction of sp³-hybridized carbons (Fsp3) is 0.0435. The van der Waals surface area contributed by atoms with Crippen LogP contribution in [0.1, 0.15) is 11.1 Å². The highest BCUT2D eigenvalue weighted by molar-refractivity contribution is 7.14. The highest BCUT2D eigenvalue weighted by Crippen LogP contribution is 2.24. The van der Waals surface area contributed by atoms with Gasteiger partial charge in [-0.25, -0.2) is 4.98 Å². The van der Waals surface area contributed by atoms with E-state index < -0.39 is 0 Å². The fourth-order valence-electron chi connectivity index (χ4n) is 2.96. The zero-order valence-corrected chi connectivity index (χ0v) is 17.9. The van der Waals surface area contributed by atoms with Crippen LogP contribution in [0.2, 0.25) is 0 Å². The van der Waals surface area contributed by atoms with Gasteiger partial charge in [0.25, 0.3) is 0 Å². The molecule has 5 aromatic rings. The number of hydrogen-bond donors (Lipinski definition) is 1. The number of hydrazone groups is 1. The van der Waals surface area contributed by atoms with Crippen molar-refractivity contribution in [2.24, 2.45) is 5.10 Å². The second-order valence-electron chi connectivity index (χ2n) is 6.72. The highest BCUT2D eigenvalue weighted by atomic mass is 32.1. The number of ether oxygens (including phenoxy) is 1. The van der Waals surface area contributed by atoms with E-state index in [2.05, 4.69) is 24.3 Å². The van der Waals surface area contributed by atoms with Gasteiger partial charge in [-0.3, -0.25) is 5.43 Å². The van der Waals surface area contributed by atoms with Crippen molar-refractivity contribution in [3.05, 3.63) is 89.3 Å². The molecule has 0 fully saturated rings. The smallest absolute Gasteiger partial charge is 0.203 e. The summed E-state index contributed by atoms with van der Waals surface area (Å²) < 4.78 is 14.4. The summed E-state index contributed by atoms with van der Waals surface area (Å²) in [5.41, 5.74) is 8.88. The fourth-order valence-corrected chi connectivity index (χ4v) is 4.15. The first kappa shape index (κ1) is 19.3. The minimum Gasteiger partial charge on any atom is -0.489 e. The molecular formula is C23H17N5OS2. The second-order valence-corrected chi connectivity index (χ2v) is 8.11. The molecule has 152 valence electrons. The van der Waals surface area contributed by atoms with E-state index in [0.29, 0.717) is 6.61 Å². The van der Waals surface area contributed by atoms with E-state index in [1.165, 1.54) is 23.1 Å². The van der Waals surface area contributed by atoms with Gasteiger partial charge in [0, 0.05) is 10.9 Å². The Bertz CT molecular complexity index is 1310. The number of anilines is 1. The van der Waals surface area contributed by atoms with E-state index in [9.17, 15) is 0 Å². The summed E-state index contributed by atoms with van der Waals surface area (Å²) in [6.45, 7) is 0.482. The predicted molar refractivity (Wildman–Crippen MR) is 127 cm³/mol. The van der Waals surface area contributed by atoms with Gasteiger partial charge >= 0.3 is 0 Å². The van der Waals surface area contributed by atoms with E-state index >= 15 is 0 Å². The van der Waals surface area contributed by atoms with Crippen LogP contribution in [0.5, 0.6) is 5.75 Å². The molecule has 0 spiro atoms. The van der Waals surface area contributed by atoms with Gasteiger partial charge in [-0.05, 0) is 47.5 Å². The number of hydrogen-bond acceptors (Lipinski definition) is 8. The molecule has 0 saturated heterocycles. The molecular weight excluding hydrogens is 426 g/mol. The van der Waals surface area contributed by atoms with Crippen LogP contribution in [0.15, 0.2) is 83.3 Å². The van der Waals surface area contributed by atoms with E-state index in [1.54, 1.807) is 6.21 Å². The molecule has 0 bridgehead atoms. The molecule has 3 aromatic carbocycles. The molecule has 0 unspecified atom stereocenters. The van der Waals surface area contributed by atoms with Gasteiger partial charge in [-0.15, -0.1) is 11.3 Å². The molecule has 0 saturated carbocycles. The number of benzene rings is 3. The summed E-state index contributed by atoms with van der Waals surface area (Å²) in [6, 6.07) is 23.9. The number of rotatable bonds is 7. The molecule has 0 radical (unpaired) electrons. The Balaban J connectivity index is 1.15. The quantitative estimate of drug-likeness (QED) is 0.253. The molecule has 0 aliphatic rings. The van der Waals surface area contributed by atoms with Gasteiger partial charge in [0.05, 0.1) is 23.6 Å². The molecule has 1 N–H and O–H groups in total. The molecule has 5 rings (SSSR count). The van der Waals surface area contributed by atoms with Gasteiger partial charge in [0.2, 0.25) is 5.13 Å². The van der Waals surface area contributed by atoms with Crippen LogP contribution in [0.4, 0.5) is 5.13 Å². The molecule has 0 atom stereocenters. The van der Waals surface area contributed by atoms with Crippen LogP contribution < -0.4 is 10.2 Å². The predicted octanol–water partition coefficient (Wildman–Crippen LogP) is 5.84. The van der Waals surface area contributed by atoms with Crippen molar-refractivity contribution < 1.29 is 4.74 Å². The van der Waals surface area contributed by atoms with Crippen molar-refractivity contribution in [2.45, 2.75) is 6.61 Å². The summed E-state index contributed by atoms with van der Waals surface area (Å²) in [5.74, 6) is 0.800. The first-order chi connectivity index (χ1) is 15.3.